The van der Waals surface area contributed by atoms with Crippen LogP contribution in [0.25, 0.3) is 5.76 Å². The molecule has 31 heavy (non-hydrogen) atoms. The highest BCUT2D eigenvalue weighted by atomic mass is 19.1. The number of rotatable bonds is 4. The molecule has 1 atom stereocenters. The van der Waals surface area contributed by atoms with Gasteiger partial charge in [0, 0.05) is 6.04 Å². The Labute approximate surface area is 181 Å². The highest BCUT2D eigenvalue weighted by molar-refractivity contribution is 6.46. The highest BCUT2D eigenvalue weighted by Gasteiger charge is 2.49. The van der Waals surface area contributed by atoms with Crippen LogP contribution in [0.5, 0.6) is 5.75 Å². The minimum atomic E-state index is -0.769. The van der Waals surface area contributed by atoms with Crippen molar-refractivity contribution in [3.8, 4) is 5.75 Å². The summed E-state index contributed by atoms with van der Waals surface area (Å²) in [5.41, 5.74) is 2.69. The van der Waals surface area contributed by atoms with E-state index in [1.54, 1.807) is 23.1 Å². The highest BCUT2D eigenvalue weighted by Crippen LogP contribution is 2.44. The molecular weight excluding hydrogens is 397 g/mol. The number of carbonyl (C=O) groups is 2. The van der Waals surface area contributed by atoms with Crippen molar-refractivity contribution < 1.29 is 23.8 Å². The number of amides is 1. The molecule has 2 aromatic rings. The normalized spacial score (nSPS) is 21.2. The molecule has 5 nitrogen and oxygen atoms in total. The van der Waals surface area contributed by atoms with Gasteiger partial charge in [0.25, 0.3) is 11.7 Å². The zero-order chi connectivity index (χ0) is 22.3. The second-order valence-corrected chi connectivity index (χ2v) is 8.36. The number of benzene rings is 2. The maximum absolute atomic E-state index is 13.6. The third-order valence-corrected chi connectivity index (χ3v) is 6.26. The van der Waals surface area contributed by atoms with Gasteiger partial charge < -0.3 is 14.7 Å². The summed E-state index contributed by atoms with van der Waals surface area (Å²) in [5.74, 6) is -1.56. The summed E-state index contributed by atoms with van der Waals surface area (Å²) < 4.78 is 19.1. The Kier molecular flexibility index (Phi) is 5.56. The van der Waals surface area contributed by atoms with E-state index in [0.717, 1.165) is 36.8 Å². The number of hydrogen-bond donors (Lipinski definition) is 1. The lowest BCUT2D eigenvalue weighted by Gasteiger charge is -2.30. The number of methoxy groups -OCH3 is 1. The Morgan fingerprint density at radius 3 is 2.35 bits per heavy atom. The number of ketones is 1. The smallest absolute Gasteiger partial charge is 0.295 e. The van der Waals surface area contributed by atoms with Crippen molar-refractivity contribution in [3.63, 3.8) is 0 Å². The van der Waals surface area contributed by atoms with E-state index in [0.29, 0.717) is 16.9 Å². The van der Waals surface area contributed by atoms with E-state index < -0.39 is 23.5 Å². The van der Waals surface area contributed by atoms with Gasteiger partial charge in [0.05, 0.1) is 24.3 Å². The van der Waals surface area contributed by atoms with E-state index in [2.05, 4.69) is 0 Å². The Morgan fingerprint density at radius 1 is 1.10 bits per heavy atom. The van der Waals surface area contributed by atoms with Crippen molar-refractivity contribution >= 4 is 17.4 Å². The van der Waals surface area contributed by atoms with Crippen molar-refractivity contribution in [1.29, 1.82) is 0 Å². The number of nitrogens with zero attached hydrogens (tertiary/aromatic N) is 1. The number of hydrogen-bond acceptors (Lipinski definition) is 4. The SMILES string of the molecule is COc1c(C)cc(C)cc1/C(O)=C1\C(=O)C(=O)N(C2CCCC2)C1c1ccc(F)cc1. The fraction of sp³-hybridized carbons (Fsp3) is 0.360. The molecule has 1 aliphatic carbocycles. The van der Waals surface area contributed by atoms with Crippen molar-refractivity contribution in [3.05, 3.63) is 70.0 Å². The van der Waals surface area contributed by atoms with Crippen LogP contribution < -0.4 is 4.74 Å². The van der Waals surface area contributed by atoms with Gasteiger partial charge in [-0.3, -0.25) is 9.59 Å². The van der Waals surface area contributed by atoms with Gasteiger partial charge >= 0.3 is 0 Å². The van der Waals surface area contributed by atoms with Crippen molar-refractivity contribution in [1.82, 2.24) is 4.90 Å². The Balaban J connectivity index is 1.95. The lowest BCUT2D eigenvalue weighted by atomic mass is 9.93. The fourth-order valence-corrected chi connectivity index (χ4v) is 4.93. The molecule has 2 aliphatic rings. The number of aliphatic hydroxyl groups excluding tert-OH is 1. The van der Waals surface area contributed by atoms with Crippen LogP contribution in [-0.2, 0) is 9.59 Å². The zero-order valence-corrected chi connectivity index (χ0v) is 17.9. The number of carbonyl (C=O) groups excluding carboxylic acids is 2. The standard InChI is InChI=1S/C25H26FNO4/c1-14-12-15(2)24(31-3)19(13-14)22(28)20-21(16-8-10-17(26)11-9-16)27(25(30)23(20)29)18-6-4-5-7-18/h8-13,18,21,28H,4-7H2,1-3H3/b22-20+. The Morgan fingerprint density at radius 2 is 1.74 bits per heavy atom. The quantitative estimate of drug-likeness (QED) is 0.435. The molecule has 1 saturated heterocycles. The van der Waals surface area contributed by atoms with Gasteiger partial charge in [0.1, 0.15) is 17.3 Å². The molecule has 1 heterocycles. The van der Waals surface area contributed by atoms with Crippen LogP contribution in [0.3, 0.4) is 0 Å². The molecular formula is C25H26FNO4. The summed E-state index contributed by atoms with van der Waals surface area (Å²) in [6.45, 7) is 3.75. The van der Waals surface area contributed by atoms with Crippen LogP contribution in [0.15, 0.2) is 42.0 Å². The van der Waals surface area contributed by atoms with Crippen molar-refractivity contribution in [2.24, 2.45) is 0 Å². The lowest BCUT2D eigenvalue weighted by Crippen LogP contribution is -2.37. The predicted molar refractivity (Wildman–Crippen MR) is 115 cm³/mol. The maximum atomic E-state index is 13.6. The maximum Gasteiger partial charge on any atom is 0.295 e. The van der Waals surface area contributed by atoms with Crippen LogP contribution in [-0.4, -0.2) is 34.8 Å². The van der Waals surface area contributed by atoms with E-state index in [-0.39, 0.29) is 17.4 Å². The molecule has 4 rings (SSSR count). The average Bonchev–Trinajstić information content (AvgIpc) is 3.35. The van der Waals surface area contributed by atoms with E-state index in [9.17, 15) is 19.1 Å². The molecule has 0 aromatic heterocycles. The number of ether oxygens (including phenoxy) is 1. The van der Waals surface area contributed by atoms with Crippen LogP contribution >= 0.6 is 0 Å². The fourth-order valence-electron chi connectivity index (χ4n) is 4.93. The summed E-state index contributed by atoms with van der Waals surface area (Å²) in [5, 5.41) is 11.3. The minimum absolute atomic E-state index is 0.0202. The Bertz CT molecular complexity index is 1070. The van der Waals surface area contributed by atoms with Gasteiger partial charge in [-0.1, -0.05) is 31.0 Å². The molecule has 1 aliphatic heterocycles. The van der Waals surface area contributed by atoms with Gasteiger partial charge in [-0.25, -0.2) is 4.39 Å². The monoisotopic (exact) mass is 423 g/mol. The Hall–Kier alpha value is -3.15. The summed E-state index contributed by atoms with van der Waals surface area (Å²) in [6, 6.07) is 8.56. The van der Waals surface area contributed by atoms with Crippen molar-refractivity contribution in [2.45, 2.75) is 51.6 Å². The topological polar surface area (TPSA) is 66.8 Å². The molecule has 1 unspecified atom stereocenters. The summed E-state index contributed by atoms with van der Waals surface area (Å²) in [4.78, 5) is 27.9. The molecule has 1 saturated carbocycles. The van der Waals surface area contributed by atoms with Gasteiger partial charge in [-0.05, 0) is 61.6 Å². The molecule has 0 bridgehead atoms. The van der Waals surface area contributed by atoms with E-state index in [4.69, 9.17) is 4.74 Å². The first kappa shape index (κ1) is 21.1. The van der Waals surface area contributed by atoms with Crippen LogP contribution in [0.2, 0.25) is 0 Å². The van der Waals surface area contributed by atoms with Crippen LogP contribution in [0, 0.1) is 19.7 Å². The molecule has 1 N–H and O–H groups in total. The summed E-state index contributed by atoms with van der Waals surface area (Å²) in [7, 11) is 1.50. The molecule has 6 heteroatoms. The van der Waals surface area contributed by atoms with E-state index in [1.807, 2.05) is 19.9 Å². The molecule has 0 spiro atoms. The summed E-state index contributed by atoms with van der Waals surface area (Å²) in [6.07, 6.45) is 3.57. The van der Waals surface area contributed by atoms with Gasteiger partial charge in [-0.2, -0.15) is 0 Å². The largest absolute Gasteiger partial charge is 0.507 e. The minimum Gasteiger partial charge on any atom is -0.507 e. The lowest BCUT2D eigenvalue weighted by molar-refractivity contribution is -0.141. The third kappa shape index (κ3) is 3.60. The first-order valence-corrected chi connectivity index (χ1v) is 10.5. The molecule has 2 fully saturated rings. The van der Waals surface area contributed by atoms with Crippen molar-refractivity contribution in [2.75, 3.05) is 7.11 Å². The number of Topliss-reactive ketones (excluding diaryl/α,β-unsaturated/α-hetero) is 1. The number of likely N-dealkylation sites (tertiary alicyclic amines) is 1. The predicted octanol–water partition coefficient (Wildman–Crippen LogP) is 4.82. The first-order valence-electron chi connectivity index (χ1n) is 10.5. The van der Waals surface area contributed by atoms with Gasteiger partial charge in [0.15, 0.2) is 0 Å². The number of aryl methyl sites for hydroxylation is 2. The molecule has 0 radical (unpaired) electrons. The summed E-state index contributed by atoms with van der Waals surface area (Å²) >= 11 is 0. The third-order valence-electron chi connectivity index (χ3n) is 6.26. The molecule has 162 valence electrons. The number of halogens is 1. The van der Waals surface area contributed by atoms with E-state index >= 15 is 0 Å². The second-order valence-electron chi connectivity index (χ2n) is 8.36. The zero-order valence-electron chi connectivity index (χ0n) is 17.9. The van der Waals surface area contributed by atoms with E-state index in [1.165, 1.54) is 19.2 Å². The van der Waals surface area contributed by atoms with Crippen LogP contribution in [0.4, 0.5) is 4.39 Å². The number of aliphatic hydroxyl groups is 1. The van der Waals surface area contributed by atoms with Gasteiger partial charge in [-0.15, -0.1) is 0 Å². The van der Waals surface area contributed by atoms with Crippen LogP contribution in [0.1, 0.15) is 54.0 Å². The first-order chi connectivity index (χ1) is 14.8. The molecule has 2 aromatic carbocycles. The second kappa shape index (κ2) is 8.17. The molecule has 1 amide bonds. The average molecular weight is 423 g/mol. The van der Waals surface area contributed by atoms with Gasteiger partial charge in [0.2, 0.25) is 0 Å².